The molecule has 1 amide bonds. The topological polar surface area (TPSA) is 55.6 Å². The third-order valence-corrected chi connectivity index (χ3v) is 3.39. The van der Waals surface area contributed by atoms with Crippen molar-refractivity contribution in [3.8, 4) is 0 Å². The van der Waals surface area contributed by atoms with Crippen molar-refractivity contribution >= 4 is 5.91 Å². The molecule has 0 radical (unpaired) electrons. The predicted molar refractivity (Wildman–Crippen MR) is 64.0 cm³/mol. The molecule has 94 valence electrons. The van der Waals surface area contributed by atoms with Crippen molar-refractivity contribution in [3.05, 3.63) is 0 Å². The molecule has 1 rings (SSSR count). The van der Waals surface area contributed by atoms with Gasteiger partial charge in [0.15, 0.2) is 0 Å². The quantitative estimate of drug-likeness (QED) is 0.781. The van der Waals surface area contributed by atoms with E-state index < -0.39 is 0 Å². The molecule has 4 heteroatoms. The molecule has 4 nitrogen and oxygen atoms in total. The Kier molecular flexibility index (Phi) is 5.22. The van der Waals surface area contributed by atoms with Crippen LogP contribution in [0.3, 0.4) is 0 Å². The van der Waals surface area contributed by atoms with Gasteiger partial charge in [-0.15, -0.1) is 0 Å². The first-order chi connectivity index (χ1) is 7.54. The Labute approximate surface area is 98.1 Å². The van der Waals surface area contributed by atoms with Gasteiger partial charge in [0.05, 0.1) is 6.10 Å². The molecule has 0 saturated carbocycles. The lowest BCUT2D eigenvalue weighted by atomic mass is 10.0. The maximum absolute atomic E-state index is 11.9. The number of amides is 1. The largest absolute Gasteiger partial charge is 0.381 e. The van der Waals surface area contributed by atoms with Gasteiger partial charge in [-0.1, -0.05) is 13.8 Å². The van der Waals surface area contributed by atoms with E-state index in [1.807, 2.05) is 4.90 Å². The summed E-state index contributed by atoms with van der Waals surface area (Å²) in [6.45, 7) is 5.72. The molecule has 1 unspecified atom stereocenters. The molecule has 0 aliphatic carbocycles. The second-order valence-electron chi connectivity index (χ2n) is 4.93. The number of methoxy groups -OCH3 is 1. The van der Waals surface area contributed by atoms with E-state index in [1.165, 1.54) is 0 Å². The zero-order chi connectivity index (χ0) is 12.1. The van der Waals surface area contributed by atoms with Crippen LogP contribution in [0.5, 0.6) is 0 Å². The minimum Gasteiger partial charge on any atom is -0.381 e. The molecule has 0 bridgehead atoms. The van der Waals surface area contributed by atoms with E-state index in [1.54, 1.807) is 7.11 Å². The Morgan fingerprint density at radius 1 is 1.44 bits per heavy atom. The smallest absolute Gasteiger partial charge is 0.224 e. The Morgan fingerprint density at radius 3 is 2.44 bits per heavy atom. The molecular weight excluding hydrogens is 204 g/mol. The van der Waals surface area contributed by atoms with Crippen LogP contribution in [0.15, 0.2) is 0 Å². The molecule has 2 N–H and O–H groups in total. The Hall–Kier alpha value is -0.610. The monoisotopic (exact) mass is 228 g/mol. The number of carbonyl (C=O) groups excluding carboxylic acids is 1. The van der Waals surface area contributed by atoms with E-state index >= 15 is 0 Å². The number of rotatable bonds is 4. The van der Waals surface area contributed by atoms with Gasteiger partial charge >= 0.3 is 0 Å². The first-order valence-corrected chi connectivity index (χ1v) is 6.10. The fourth-order valence-corrected chi connectivity index (χ4v) is 1.91. The van der Waals surface area contributed by atoms with E-state index in [-0.39, 0.29) is 11.9 Å². The van der Waals surface area contributed by atoms with Crippen molar-refractivity contribution in [2.75, 3.05) is 20.2 Å². The molecule has 16 heavy (non-hydrogen) atoms. The highest BCUT2D eigenvalue weighted by atomic mass is 16.5. The summed E-state index contributed by atoms with van der Waals surface area (Å²) in [5, 5.41) is 0. The SMILES string of the molecule is COC1CCN(C(=O)CC(N)C(C)C)CC1. The normalized spacial score (nSPS) is 20.2. The highest BCUT2D eigenvalue weighted by Crippen LogP contribution is 2.15. The molecule has 1 aliphatic heterocycles. The molecule has 0 aromatic heterocycles. The van der Waals surface area contributed by atoms with Crippen LogP contribution in [0, 0.1) is 5.92 Å². The summed E-state index contributed by atoms with van der Waals surface area (Å²) >= 11 is 0. The van der Waals surface area contributed by atoms with Crippen LogP contribution in [0.2, 0.25) is 0 Å². The lowest BCUT2D eigenvalue weighted by molar-refractivity contribution is -0.134. The van der Waals surface area contributed by atoms with Gasteiger partial charge in [0.25, 0.3) is 0 Å². The predicted octanol–water partition coefficient (Wildman–Crippen LogP) is 0.997. The number of hydrogen-bond donors (Lipinski definition) is 1. The highest BCUT2D eigenvalue weighted by molar-refractivity contribution is 5.76. The van der Waals surface area contributed by atoms with Crippen LogP contribution >= 0.6 is 0 Å². The fourth-order valence-electron chi connectivity index (χ4n) is 1.91. The van der Waals surface area contributed by atoms with Crippen LogP contribution in [-0.2, 0) is 9.53 Å². The van der Waals surface area contributed by atoms with E-state index in [4.69, 9.17) is 10.5 Å². The number of nitrogens with two attached hydrogens (primary N) is 1. The lowest BCUT2D eigenvalue weighted by Crippen LogP contribution is -2.43. The lowest BCUT2D eigenvalue weighted by Gasteiger charge is -2.32. The van der Waals surface area contributed by atoms with Gasteiger partial charge in [-0.25, -0.2) is 0 Å². The van der Waals surface area contributed by atoms with Gasteiger partial charge in [-0.2, -0.15) is 0 Å². The zero-order valence-electron chi connectivity index (χ0n) is 10.6. The van der Waals surface area contributed by atoms with Crippen LogP contribution < -0.4 is 5.73 Å². The zero-order valence-corrected chi connectivity index (χ0v) is 10.6. The average Bonchev–Trinajstić information content (AvgIpc) is 2.28. The number of likely N-dealkylation sites (tertiary alicyclic amines) is 1. The van der Waals surface area contributed by atoms with E-state index in [9.17, 15) is 4.79 Å². The van der Waals surface area contributed by atoms with Crippen molar-refractivity contribution < 1.29 is 9.53 Å². The second kappa shape index (κ2) is 6.21. The number of piperidine rings is 1. The Balaban J connectivity index is 2.33. The number of nitrogens with zero attached hydrogens (tertiary/aromatic N) is 1. The minimum absolute atomic E-state index is 0.0207. The Bertz CT molecular complexity index is 223. The molecule has 1 heterocycles. The fraction of sp³-hybridized carbons (Fsp3) is 0.917. The van der Waals surface area contributed by atoms with Gasteiger partial charge in [-0.05, 0) is 18.8 Å². The molecular formula is C12H24N2O2. The van der Waals surface area contributed by atoms with Gasteiger partial charge in [0.2, 0.25) is 5.91 Å². The summed E-state index contributed by atoms with van der Waals surface area (Å²) in [5.41, 5.74) is 5.91. The molecule has 1 fully saturated rings. The van der Waals surface area contributed by atoms with E-state index in [0.29, 0.717) is 18.4 Å². The summed E-state index contributed by atoms with van der Waals surface area (Å²) in [6, 6.07) is -0.0207. The molecule has 0 aromatic rings. The first-order valence-electron chi connectivity index (χ1n) is 6.10. The number of ether oxygens (including phenoxy) is 1. The van der Waals surface area contributed by atoms with Gasteiger partial charge in [0.1, 0.15) is 0 Å². The Morgan fingerprint density at radius 2 is 2.00 bits per heavy atom. The standard InChI is InChI=1S/C12H24N2O2/c1-9(2)11(13)8-12(15)14-6-4-10(16-3)5-7-14/h9-11H,4-8,13H2,1-3H3. The van der Waals surface area contributed by atoms with Crippen molar-refractivity contribution in [2.45, 2.75) is 45.3 Å². The first kappa shape index (κ1) is 13.5. The summed E-state index contributed by atoms with van der Waals surface area (Å²) in [7, 11) is 1.73. The summed E-state index contributed by atoms with van der Waals surface area (Å²) in [5.74, 6) is 0.552. The van der Waals surface area contributed by atoms with Crippen molar-refractivity contribution in [2.24, 2.45) is 11.7 Å². The van der Waals surface area contributed by atoms with Crippen LogP contribution in [0.1, 0.15) is 33.1 Å². The third-order valence-electron chi connectivity index (χ3n) is 3.39. The molecule has 1 atom stereocenters. The van der Waals surface area contributed by atoms with Crippen molar-refractivity contribution in [1.29, 1.82) is 0 Å². The molecule has 1 aliphatic rings. The maximum atomic E-state index is 11.9. The minimum atomic E-state index is -0.0207. The number of hydrogen-bond acceptors (Lipinski definition) is 3. The molecule has 1 saturated heterocycles. The average molecular weight is 228 g/mol. The number of carbonyl (C=O) groups is 1. The summed E-state index contributed by atoms with van der Waals surface area (Å²) in [6.07, 6.45) is 2.68. The van der Waals surface area contributed by atoms with Gasteiger partial charge in [0, 0.05) is 32.7 Å². The second-order valence-corrected chi connectivity index (χ2v) is 4.93. The van der Waals surface area contributed by atoms with Gasteiger partial charge < -0.3 is 15.4 Å². The van der Waals surface area contributed by atoms with Crippen molar-refractivity contribution in [3.63, 3.8) is 0 Å². The van der Waals surface area contributed by atoms with Crippen LogP contribution in [-0.4, -0.2) is 43.2 Å². The highest BCUT2D eigenvalue weighted by Gasteiger charge is 2.24. The van der Waals surface area contributed by atoms with E-state index in [2.05, 4.69) is 13.8 Å². The van der Waals surface area contributed by atoms with Crippen molar-refractivity contribution in [1.82, 2.24) is 4.90 Å². The van der Waals surface area contributed by atoms with E-state index in [0.717, 1.165) is 25.9 Å². The van der Waals surface area contributed by atoms with Crippen LogP contribution in [0.4, 0.5) is 0 Å². The third kappa shape index (κ3) is 3.76. The summed E-state index contributed by atoms with van der Waals surface area (Å²) in [4.78, 5) is 13.8. The molecule has 0 aromatic carbocycles. The molecule has 0 spiro atoms. The summed E-state index contributed by atoms with van der Waals surface area (Å²) < 4.78 is 5.28. The van der Waals surface area contributed by atoms with Gasteiger partial charge in [-0.3, -0.25) is 4.79 Å². The maximum Gasteiger partial charge on any atom is 0.224 e. The van der Waals surface area contributed by atoms with Crippen LogP contribution in [0.25, 0.3) is 0 Å².